The molecule has 4 heterocycles. The Balaban J connectivity index is 1.96. The summed E-state index contributed by atoms with van der Waals surface area (Å²) in [5, 5.41) is 14.5. The van der Waals surface area contributed by atoms with Crippen LogP contribution in [-0.2, 0) is 16.1 Å². The van der Waals surface area contributed by atoms with E-state index in [1.165, 1.54) is 11.3 Å². The van der Waals surface area contributed by atoms with Gasteiger partial charge in [-0.05, 0) is 18.6 Å². The quantitative estimate of drug-likeness (QED) is 0.676. The molecule has 1 aliphatic rings. The summed E-state index contributed by atoms with van der Waals surface area (Å²) in [6.07, 6.45) is 5.67. The highest BCUT2D eigenvalue weighted by Crippen LogP contribution is 2.36. The number of hydrogen-bond acceptors (Lipinski definition) is 6. The number of aryl methyl sites for hydroxylation is 1. The number of hydrogen-bond donors (Lipinski definition) is 2. The third-order valence-electron chi connectivity index (χ3n) is 4.04. The molecule has 3 aromatic rings. The van der Waals surface area contributed by atoms with Gasteiger partial charge < -0.3 is 9.67 Å². The Bertz CT molecular complexity index is 1000. The Morgan fingerprint density at radius 1 is 1.16 bits per heavy atom. The molecule has 8 heteroatoms. The van der Waals surface area contributed by atoms with Gasteiger partial charge in [0.2, 0.25) is 0 Å². The molecule has 2 amide bonds. The maximum atomic E-state index is 12.5. The second-order valence-corrected chi connectivity index (χ2v) is 6.45. The first-order chi connectivity index (χ1) is 12.2. The number of nitrogens with zero attached hydrogens (tertiary/aromatic N) is 3. The molecule has 0 atom stereocenters. The summed E-state index contributed by atoms with van der Waals surface area (Å²) in [6, 6.07) is 3.66. The minimum Gasteiger partial charge on any atom is -0.396 e. The zero-order valence-corrected chi connectivity index (χ0v) is 13.9. The molecule has 0 saturated heterocycles. The highest BCUT2D eigenvalue weighted by molar-refractivity contribution is 7.11. The van der Waals surface area contributed by atoms with Crippen LogP contribution < -0.4 is 5.32 Å². The molecule has 0 radical (unpaired) electrons. The maximum Gasteiger partial charge on any atom is 0.262 e. The first kappa shape index (κ1) is 15.7. The van der Waals surface area contributed by atoms with Crippen molar-refractivity contribution in [3.63, 3.8) is 0 Å². The smallest absolute Gasteiger partial charge is 0.262 e. The summed E-state index contributed by atoms with van der Waals surface area (Å²) in [7, 11) is 0. The highest BCUT2D eigenvalue weighted by atomic mass is 32.1. The normalized spacial score (nSPS) is 14.6. The molecule has 3 aromatic heterocycles. The highest BCUT2D eigenvalue weighted by Gasteiger charge is 2.35. The van der Waals surface area contributed by atoms with Crippen molar-refractivity contribution in [3.05, 3.63) is 46.7 Å². The van der Waals surface area contributed by atoms with E-state index < -0.39 is 11.8 Å². The Morgan fingerprint density at radius 3 is 2.76 bits per heavy atom. The van der Waals surface area contributed by atoms with Gasteiger partial charge in [-0.25, -0.2) is 9.97 Å². The molecule has 1 aliphatic heterocycles. The lowest BCUT2D eigenvalue weighted by Gasteiger charge is -2.01. The summed E-state index contributed by atoms with van der Waals surface area (Å²) < 4.78 is 1.89. The maximum absolute atomic E-state index is 12.5. The van der Waals surface area contributed by atoms with E-state index in [2.05, 4.69) is 15.3 Å². The number of aromatic nitrogens is 3. The first-order valence-corrected chi connectivity index (χ1v) is 8.63. The fourth-order valence-corrected chi connectivity index (χ4v) is 3.68. The monoisotopic (exact) mass is 354 g/mol. The topological polar surface area (TPSA) is 97.1 Å². The van der Waals surface area contributed by atoms with E-state index in [9.17, 15) is 9.59 Å². The summed E-state index contributed by atoms with van der Waals surface area (Å²) >= 11 is 1.31. The molecule has 0 aliphatic carbocycles. The van der Waals surface area contributed by atoms with Gasteiger partial charge in [-0.1, -0.05) is 0 Å². The van der Waals surface area contributed by atoms with Gasteiger partial charge in [0.1, 0.15) is 10.7 Å². The molecule has 0 fully saturated rings. The number of pyridine rings is 1. The van der Waals surface area contributed by atoms with Crippen LogP contribution >= 0.6 is 11.3 Å². The summed E-state index contributed by atoms with van der Waals surface area (Å²) in [5.41, 5.74) is 1.98. The number of carbonyl (C=O) groups excluding carboxylic acids is 2. The predicted molar refractivity (Wildman–Crippen MR) is 93.5 cm³/mol. The van der Waals surface area contributed by atoms with Gasteiger partial charge in [-0.3, -0.25) is 14.9 Å². The molecule has 126 valence electrons. The zero-order chi connectivity index (χ0) is 17.4. The van der Waals surface area contributed by atoms with Crippen molar-refractivity contribution in [2.24, 2.45) is 0 Å². The van der Waals surface area contributed by atoms with Crippen molar-refractivity contribution in [2.45, 2.75) is 13.0 Å². The average molecular weight is 354 g/mol. The van der Waals surface area contributed by atoms with E-state index >= 15 is 0 Å². The number of fused-ring (bicyclic) bond motifs is 1. The van der Waals surface area contributed by atoms with Crippen molar-refractivity contribution in [1.82, 2.24) is 19.9 Å². The van der Waals surface area contributed by atoms with Crippen LogP contribution in [0.5, 0.6) is 0 Å². The van der Waals surface area contributed by atoms with E-state index in [-0.39, 0.29) is 6.61 Å². The molecule has 25 heavy (non-hydrogen) atoms. The van der Waals surface area contributed by atoms with Crippen LogP contribution in [0, 0.1) is 0 Å². The van der Waals surface area contributed by atoms with Crippen LogP contribution in [0.25, 0.3) is 22.2 Å². The van der Waals surface area contributed by atoms with E-state index in [1.54, 1.807) is 23.8 Å². The van der Waals surface area contributed by atoms with Crippen LogP contribution in [0.3, 0.4) is 0 Å². The molecule has 0 saturated carbocycles. The summed E-state index contributed by atoms with van der Waals surface area (Å²) in [6.45, 7) is 0.632. The molecule has 0 aromatic carbocycles. The molecule has 0 spiro atoms. The number of thiazole rings is 1. The molecule has 0 bridgehead atoms. The van der Waals surface area contributed by atoms with Gasteiger partial charge in [0, 0.05) is 48.1 Å². The van der Waals surface area contributed by atoms with Crippen LogP contribution in [-0.4, -0.2) is 38.1 Å². The Morgan fingerprint density at radius 2 is 2.00 bits per heavy atom. The average Bonchev–Trinajstić information content (AvgIpc) is 3.31. The van der Waals surface area contributed by atoms with E-state index in [0.717, 1.165) is 5.39 Å². The number of rotatable bonds is 5. The number of carbonyl (C=O) groups is 2. The second-order valence-electron chi connectivity index (χ2n) is 5.56. The number of amides is 2. The minimum atomic E-state index is -0.435. The van der Waals surface area contributed by atoms with E-state index in [1.807, 2.05) is 16.8 Å². The number of aliphatic hydroxyl groups excluding tert-OH is 1. The summed E-state index contributed by atoms with van der Waals surface area (Å²) in [4.78, 5) is 33.4. The van der Waals surface area contributed by atoms with Crippen molar-refractivity contribution >= 4 is 45.3 Å². The fraction of sp³-hybridized carbons (Fsp3) is 0.176. The molecule has 0 unspecified atom stereocenters. The lowest BCUT2D eigenvalue weighted by Crippen LogP contribution is -2.22. The second kappa shape index (κ2) is 6.23. The van der Waals surface area contributed by atoms with Crippen molar-refractivity contribution in [2.75, 3.05) is 6.61 Å². The van der Waals surface area contributed by atoms with Crippen molar-refractivity contribution in [3.8, 4) is 0 Å². The molecule has 7 nitrogen and oxygen atoms in total. The standard InChI is InChI=1S/C17H14N4O3S/c22-7-2-6-21-9-11(10-3-1-4-18-14(10)21)12-13(16(24)20-15(12)23)17-19-5-8-25-17/h1,3-5,8-9,22H,2,6-7H2,(H,20,23,24). The lowest BCUT2D eigenvalue weighted by molar-refractivity contribution is -0.122. The van der Waals surface area contributed by atoms with Crippen LogP contribution in [0.1, 0.15) is 17.0 Å². The predicted octanol–water partition coefficient (Wildman–Crippen LogP) is 1.44. The van der Waals surface area contributed by atoms with Gasteiger partial charge in [-0.15, -0.1) is 11.3 Å². The summed E-state index contributed by atoms with van der Waals surface area (Å²) in [5.74, 6) is -0.865. The van der Waals surface area contributed by atoms with Crippen LogP contribution in [0.2, 0.25) is 0 Å². The van der Waals surface area contributed by atoms with Gasteiger partial charge in [-0.2, -0.15) is 0 Å². The van der Waals surface area contributed by atoms with Crippen molar-refractivity contribution in [1.29, 1.82) is 0 Å². The SMILES string of the molecule is O=C1NC(=O)C(c2cn(CCCO)c3ncccc23)=C1c1nccs1. The zero-order valence-electron chi connectivity index (χ0n) is 13.1. The van der Waals surface area contributed by atoms with Crippen molar-refractivity contribution < 1.29 is 14.7 Å². The van der Waals surface area contributed by atoms with Gasteiger partial charge in [0.25, 0.3) is 11.8 Å². The van der Waals surface area contributed by atoms with Crippen LogP contribution in [0.15, 0.2) is 36.1 Å². The van der Waals surface area contributed by atoms with E-state index in [0.29, 0.717) is 40.3 Å². The number of aliphatic hydroxyl groups is 1. The van der Waals surface area contributed by atoms with E-state index in [4.69, 9.17) is 5.11 Å². The number of nitrogens with one attached hydrogen (secondary N) is 1. The molecule has 4 rings (SSSR count). The Labute approximate surface area is 146 Å². The van der Waals surface area contributed by atoms with Gasteiger partial charge in [0.15, 0.2) is 0 Å². The number of imide groups is 1. The minimum absolute atomic E-state index is 0.0634. The molecule has 2 N–H and O–H groups in total. The lowest BCUT2D eigenvalue weighted by atomic mass is 10.0. The third-order valence-corrected chi connectivity index (χ3v) is 4.83. The van der Waals surface area contributed by atoms with Crippen LogP contribution in [0.4, 0.5) is 0 Å². The molecular weight excluding hydrogens is 340 g/mol. The first-order valence-electron chi connectivity index (χ1n) is 7.75. The fourth-order valence-electron chi connectivity index (χ4n) is 3.00. The van der Waals surface area contributed by atoms with Gasteiger partial charge >= 0.3 is 0 Å². The molecular formula is C17H14N4O3S. The Kier molecular flexibility index (Phi) is 3.90. The third kappa shape index (κ3) is 2.55. The Hall–Kier alpha value is -2.84. The largest absolute Gasteiger partial charge is 0.396 e. The van der Waals surface area contributed by atoms with Gasteiger partial charge in [0.05, 0.1) is 11.1 Å².